The van der Waals surface area contributed by atoms with Crippen LogP contribution in [0.3, 0.4) is 0 Å². The van der Waals surface area contributed by atoms with Crippen LogP contribution in [0, 0.1) is 12.8 Å². The van der Waals surface area contributed by atoms with E-state index < -0.39 is 0 Å². The lowest BCUT2D eigenvalue weighted by molar-refractivity contribution is -0.132. The molecule has 0 bridgehead atoms. The van der Waals surface area contributed by atoms with Crippen LogP contribution in [-0.4, -0.2) is 28.9 Å². The first-order valence-electron chi connectivity index (χ1n) is 8.41. The van der Waals surface area contributed by atoms with E-state index in [0.717, 1.165) is 43.2 Å². The van der Waals surface area contributed by atoms with Crippen LogP contribution in [0.25, 0.3) is 11.3 Å². The van der Waals surface area contributed by atoms with Crippen LogP contribution in [0.15, 0.2) is 34.9 Å². The Bertz CT molecular complexity index is 652. The first kappa shape index (κ1) is 15.8. The molecule has 1 aliphatic rings. The van der Waals surface area contributed by atoms with E-state index in [0.29, 0.717) is 18.7 Å². The number of aromatic nitrogens is 1. The van der Waals surface area contributed by atoms with E-state index in [1.165, 1.54) is 5.56 Å². The van der Waals surface area contributed by atoms with Gasteiger partial charge in [-0.3, -0.25) is 4.79 Å². The van der Waals surface area contributed by atoms with Crippen molar-refractivity contribution in [2.45, 2.75) is 39.5 Å². The van der Waals surface area contributed by atoms with Gasteiger partial charge in [0.15, 0.2) is 11.7 Å². The smallest absolute Gasteiger partial charge is 0.223 e. The van der Waals surface area contributed by atoms with E-state index in [4.69, 9.17) is 4.42 Å². The average Bonchev–Trinajstić information content (AvgIpc) is 3.03. The standard InChI is InChI=1S/C19H24N2O2/c1-14-3-5-16(6-4-14)17-13-20-18(23-17)7-8-19(22)21-11-9-15(2)10-12-21/h3-6,13,15H,7-12H2,1-2H3. The minimum atomic E-state index is 0.215. The van der Waals surface area contributed by atoms with Crippen LogP contribution in [0.1, 0.15) is 37.6 Å². The first-order valence-corrected chi connectivity index (χ1v) is 8.41. The molecule has 2 heterocycles. The number of nitrogens with zero attached hydrogens (tertiary/aromatic N) is 2. The molecular formula is C19H24N2O2. The molecule has 0 aliphatic carbocycles. The Hall–Kier alpha value is -2.10. The largest absolute Gasteiger partial charge is 0.441 e. The number of benzene rings is 1. The molecule has 0 unspecified atom stereocenters. The lowest BCUT2D eigenvalue weighted by Crippen LogP contribution is -2.38. The summed E-state index contributed by atoms with van der Waals surface area (Å²) in [6.45, 7) is 6.09. The Kier molecular flexibility index (Phi) is 4.79. The summed E-state index contributed by atoms with van der Waals surface area (Å²) in [5.74, 6) is 2.35. The second-order valence-corrected chi connectivity index (χ2v) is 6.55. The second-order valence-electron chi connectivity index (χ2n) is 6.55. The van der Waals surface area contributed by atoms with E-state index in [-0.39, 0.29) is 5.91 Å². The molecule has 1 aliphatic heterocycles. The van der Waals surface area contributed by atoms with Gasteiger partial charge in [0.2, 0.25) is 5.91 Å². The topological polar surface area (TPSA) is 46.3 Å². The number of aryl methyl sites for hydroxylation is 2. The molecule has 23 heavy (non-hydrogen) atoms. The number of piperidine rings is 1. The van der Waals surface area contributed by atoms with Crippen molar-refractivity contribution >= 4 is 5.91 Å². The molecule has 1 saturated heterocycles. The third-order valence-corrected chi connectivity index (χ3v) is 4.58. The fourth-order valence-electron chi connectivity index (χ4n) is 2.91. The van der Waals surface area contributed by atoms with Crippen LogP contribution >= 0.6 is 0 Å². The minimum absolute atomic E-state index is 0.215. The number of hydrogen-bond donors (Lipinski definition) is 0. The van der Waals surface area contributed by atoms with E-state index >= 15 is 0 Å². The Morgan fingerprint density at radius 3 is 2.65 bits per heavy atom. The lowest BCUT2D eigenvalue weighted by Gasteiger charge is -2.30. The Morgan fingerprint density at radius 2 is 1.96 bits per heavy atom. The molecule has 3 rings (SSSR count). The highest BCUT2D eigenvalue weighted by Crippen LogP contribution is 2.22. The monoisotopic (exact) mass is 312 g/mol. The van der Waals surface area contributed by atoms with E-state index in [2.05, 4.69) is 31.0 Å². The van der Waals surface area contributed by atoms with Gasteiger partial charge in [0, 0.05) is 31.5 Å². The van der Waals surface area contributed by atoms with E-state index in [1.54, 1.807) is 6.20 Å². The van der Waals surface area contributed by atoms with Crippen molar-refractivity contribution in [1.82, 2.24) is 9.88 Å². The Balaban J connectivity index is 1.55. The summed E-state index contributed by atoms with van der Waals surface area (Å²) in [6.07, 6.45) is 5.01. The summed E-state index contributed by atoms with van der Waals surface area (Å²) in [4.78, 5) is 18.5. The lowest BCUT2D eigenvalue weighted by atomic mass is 9.99. The van der Waals surface area contributed by atoms with Crippen molar-refractivity contribution in [2.24, 2.45) is 5.92 Å². The van der Waals surface area contributed by atoms with E-state index in [9.17, 15) is 4.79 Å². The molecule has 0 radical (unpaired) electrons. The molecule has 1 amide bonds. The van der Waals surface area contributed by atoms with Gasteiger partial charge in [-0.2, -0.15) is 0 Å². The van der Waals surface area contributed by atoms with Gasteiger partial charge in [-0.15, -0.1) is 0 Å². The number of hydrogen-bond acceptors (Lipinski definition) is 3. The van der Waals surface area contributed by atoms with Crippen LogP contribution in [-0.2, 0) is 11.2 Å². The zero-order valence-corrected chi connectivity index (χ0v) is 13.9. The SMILES string of the molecule is Cc1ccc(-c2cnc(CCC(=O)N3CCC(C)CC3)o2)cc1. The summed E-state index contributed by atoms with van der Waals surface area (Å²) < 4.78 is 5.78. The highest BCUT2D eigenvalue weighted by atomic mass is 16.4. The first-order chi connectivity index (χ1) is 11.1. The molecule has 2 aromatic rings. The minimum Gasteiger partial charge on any atom is -0.441 e. The van der Waals surface area contributed by atoms with Crippen molar-refractivity contribution in [3.63, 3.8) is 0 Å². The molecule has 1 fully saturated rings. The highest BCUT2D eigenvalue weighted by Gasteiger charge is 2.20. The summed E-state index contributed by atoms with van der Waals surface area (Å²) >= 11 is 0. The Labute approximate surface area is 137 Å². The zero-order valence-electron chi connectivity index (χ0n) is 13.9. The fraction of sp³-hybridized carbons (Fsp3) is 0.474. The summed E-state index contributed by atoms with van der Waals surface area (Å²) in [7, 11) is 0. The van der Waals surface area contributed by atoms with Crippen LogP contribution in [0.5, 0.6) is 0 Å². The average molecular weight is 312 g/mol. The summed E-state index contributed by atoms with van der Waals surface area (Å²) in [6, 6.07) is 8.16. The zero-order chi connectivity index (χ0) is 16.2. The highest BCUT2D eigenvalue weighted by molar-refractivity contribution is 5.76. The summed E-state index contributed by atoms with van der Waals surface area (Å²) in [5.41, 5.74) is 2.24. The number of carbonyl (C=O) groups excluding carboxylic acids is 1. The van der Waals surface area contributed by atoms with Crippen LogP contribution < -0.4 is 0 Å². The maximum atomic E-state index is 12.2. The molecule has 4 nitrogen and oxygen atoms in total. The molecule has 122 valence electrons. The molecule has 0 atom stereocenters. The van der Waals surface area contributed by atoms with Gasteiger partial charge in [0.25, 0.3) is 0 Å². The summed E-state index contributed by atoms with van der Waals surface area (Å²) in [5, 5.41) is 0. The van der Waals surface area contributed by atoms with Crippen molar-refractivity contribution < 1.29 is 9.21 Å². The molecule has 0 N–H and O–H groups in total. The number of likely N-dealkylation sites (tertiary alicyclic amines) is 1. The molecule has 0 saturated carbocycles. The van der Waals surface area contributed by atoms with E-state index in [1.807, 2.05) is 17.0 Å². The Morgan fingerprint density at radius 1 is 1.26 bits per heavy atom. The van der Waals surface area contributed by atoms with Gasteiger partial charge in [-0.05, 0) is 25.7 Å². The van der Waals surface area contributed by atoms with Gasteiger partial charge in [-0.1, -0.05) is 36.8 Å². The van der Waals surface area contributed by atoms with Crippen LogP contribution in [0.4, 0.5) is 0 Å². The van der Waals surface area contributed by atoms with Crippen molar-refractivity contribution in [1.29, 1.82) is 0 Å². The third-order valence-electron chi connectivity index (χ3n) is 4.58. The number of oxazole rings is 1. The molecular weight excluding hydrogens is 288 g/mol. The van der Waals surface area contributed by atoms with Crippen molar-refractivity contribution in [2.75, 3.05) is 13.1 Å². The quantitative estimate of drug-likeness (QED) is 0.861. The second kappa shape index (κ2) is 6.99. The van der Waals surface area contributed by atoms with Crippen molar-refractivity contribution in [3.05, 3.63) is 41.9 Å². The molecule has 1 aromatic carbocycles. The number of rotatable bonds is 4. The number of amides is 1. The van der Waals surface area contributed by atoms with Gasteiger partial charge in [-0.25, -0.2) is 4.98 Å². The maximum Gasteiger partial charge on any atom is 0.223 e. The molecule has 0 spiro atoms. The van der Waals surface area contributed by atoms with Gasteiger partial charge >= 0.3 is 0 Å². The predicted molar refractivity (Wildman–Crippen MR) is 90.0 cm³/mol. The fourth-order valence-corrected chi connectivity index (χ4v) is 2.91. The predicted octanol–water partition coefficient (Wildman–Crippen LogP) is 3.84. The molecule has 1 aromatic heterocycles. The third kappa shape index (κ3) is 4.01. The number of carbonyl (C=O) groups is 1. The maximum absolute atomic E-state index is 12.2. The molecule has 4 heteroatoms. The van der Waals surface area contributed by atoms with Gasteiger partial charge in [0.05, 0.1) is 6.20 Å². The van der Waals surface area contributed by atoms with Crippen LogP contribution in [0.2, 0.25) is 0 Å². The van der Waals surface area contributed by atoms with Gasteiger partial charge < -0.3 is 9.32 Å². The van der Waals surface area contributed by atoms with Crippen molar-refractivity contribution in [3.8, 4) is 11.3 Å². The normalized spacial score (nSPS) is 15.8. The van der Waals surface area contributed by atoms with Gasteiger partial charge in [0.1, 0.15) is 0 Å².